The third kappa shape index (κ3) is 5.25. The molecule has 6 heteroatoms. The molecule has 2 heterocycles. The number of aromatic amines is 1. The third-order valence-corrected chi connectivity index (χ3v) is 6.61. The summed E-state index contributed by atoms with van der Waals surface area (Å²) < 4.78 is 8.47. The van der Waals surface area contributed by atoms with E-state index in [0.29, 0.717) is 18.4 Å². The van der Waals surface area contributed by atoms with E-state index in [4.69, 9.17) is 4.74 Å². The summed E-state index contributed by atoms with van der Waals surface area (Å²) >= 11 is 1.84. The summed E-state index contributed by atoms with van der Waals surface area (Å²) in [6.07, 6.45) is 5.46. The first-order valence-electron chi connectivity index (χ1n) is 10.6. The van der Waals surface area contributed by atoms with Gasteiger partial charge in [0.1, 0.15) is 12.4 Å². The Morgan fingerprint density at radius 3 is 2.67 bits per heavy atom. The van der Waals surface area contributed by atoms with Gasteiger partial charge in [0.25, 0.3) is 0 Å². The number of pyridine rings is 1. The molecule has 4 rings (SSSR count). The van der Waals surface area contributed by atoms with Crippen LogP contribution in [-0.4, -0.2) is 41.2 Å². The molecule has 1 aromatic heterocycles. The molecule has 158 valence electrons. The first-order valence-corrected chi connectivity index (χ1v) is 11.7. The van der Waals surface area contributed by atoms with Crippen molar-refractivity contribution >= 4 is 22.9 Å². The predicted octanol–water partition coefficient (Wildman–Crippen LogP) is 3.98. The fraction of sp³-hybridized carbons (Fsp3) is 0.375. The summed E-state index contributed by atoms with van der Waals surface area (Å²) in [7, 11) is 0. The molecule has 1 aliphatic heterocycles. The van der Waals surface area contributed by atoms with Crippen molar-refractivity contribution in [3.05, 3.63) is 76.1 Å². The first-order chi connectivity index (χ1) is 14.7. The van der Waals surface area contributed by atoms with Crippen LogP contribution in [0.2, 0.25) is 0 Å². The van der Waals surface area contributed by atoms with Crippen molar-refractivity contribution in [3.8, 4) is 5.75 Å². The van der Waals surface area contributed by atoms with Crippen molar-refractivity contribution < 1.29 is 4.74 Å². The van der Waals surface area contributed by atoms with Gasteiger partial charge in [0.2, 0.25) is 5.56 Å². The third-order valence-electron chi connectivity index (χ3n) is 5.72. The second kappa shape index (κ2) is 10.2. The smallest absolute Gasteiger partial charge is 0.248 e. The monoisotopic (exact) mass is 423 g/mol. The topological polar surface area (TPSA) is 57.4 Å². The Morgan fingerprint density at radius 2 is 1.90 bits per heavy atom. The number of benzene rings is 2. The fourth-order valence-corrected chi connectivity index (χ4v) is 4.59. The number of nitrogens with one attached hydrogen (secondary N) is 2. The first kappa shape index (κ1) is 21.0. The van der Waals surface area contributed by atoms with Crippen LogP contribution in [0.15, 0.2) is 59.4 Å². The van der Waals surface area contributed by atoms with Crippen molar-refractivity contribution in [3.63, 3.8) is 0 Å². The lowest BCUT2D eigenvalue weighted by atomic mass is 10.0. The second-order valence-electron chi connectivity index (χ2n) is 7.70. The van der Waals surface area contributed by atoms with Gasteiger partial charge in [-0.3, -0.25) is 9.10 Å². The van der Waals surface area contributed by atoms with Crippen molar-refractivity contribution in [1.29, 1.82) is 0 Å². The van der Waals surface area contributed by atoms with Crippen LogP contribution in [0.25, 0.3) is 10.9 Å². The molecule has 0 bridgehead atoms. The van der Waals surface area contributed by atoms with E-state index in [-0.39, 0.29) is 5.56 Å². The lowest BCUT2D eigenvalue weighted by molar-refractivity contribution is 0.308. The van der Waals surface area contributed by atoms with E-state index in [1.165, 1.54) is 18.4 Å². The van der Waals surface area contributed by atoms with Gasteiger partial charge >= 0.3 is 0 Å². The van der Waals surface area contributed by atoms with E-state index >= 15 is 0 Å². The largest absolute Gasteiger partial charge is 0.487 e. The minimum absolute atomic E-state index is 0.108. The van der Waals surface area contributed by atoms with E-state index in [0.717, 1.165) is 42.5 Å². The Bertz CT molecular complexity index is 1010. The number of H-pyrrole nitrogens is 1. The molecule has 2 N–H and O–H groups in total. The normalized spacial score (nSPS) is 15.5. The number of aromatic nitrogens is 1. The van der Waals surface area contributed by atoms with Gasteiger partial charge in [0, 0.05) is 30.6 Å². The molecule has 0 atom stereocenters. The number of piperidine rings is 1. The van der Waals surface area contributed by atoms with E-state index in [1.807, 2.05) is 54.4 Å². The summed E-state index contributed by atoms with van der Waals surface area (Å²) in [6.45, 7) is 3.71. The van der Waals surface area contributed by atoms with E-state index in [1.54, 1.807) is 6.07 Å². The zero-order valence-corrected chi connectivity index (χ0v) is 18.2. The lowest BCUT2D eigenvalue weighted by Crippen LogP contribution is -2.40. The lowest BCUT2D eigenvalue weighted by Gasteiger charge is -2.30. The van der Waals surface area contributed by atoms with E-state index in [2.05, 4.69) is 26.9 Å². The Balaban J connectivity index is 1.43. The molecule has 1 saturated heterocycles. The van der Waals surface area contributed by atoms with Gasteiger partial charge in [0.05, 0.1) is 5.52 Å². The maximum absolute atomic E-state index is 12.0. The van der Waals surface area contributed by atoms with Crippen molar-refractivity contribution in [2.24, 2.45) is 0 Å². The van der Waals surface area contributed by atoms with Crippen LogP contribution in [0.5, 0.6) is 5.75 Å². The number of nitrogens with zero attached hydrogens (tertiary/aromatic N) is 1. The van der Waals surface area contributed by atoms with Gasteiger partial charge in [0.15, 0.2) is 0 Å². The number of hydrogen-bond donors (Lipinski definition) is 2. The van der Waals surface area contributed by atoms with Crippen molar-refractivity contribution in [1.82, 2.24) is 14.6 Å². The maximum Gasteiger partial charge on any atom is 0.248 e. The van der Waals surface area contributed by atoms with Crippen LogP contribution in [0.4, 0.5) is 0 Å². The molecular weight excluding hydrogens is 394 g/mol. The van der Waals surface area contributed by atoms with Crippen molar-refractivity contribution in [2.45, 2.75) is 31.9 Å². The van der Waals surface area contributed by atoms with Crippen molar-refractivity contribution in [2.75, 3.05) is 25.9 Å². The summed E-state index contributed by atoms with van der Waals surface area (Å²) in [5.41, 5.74) is 3.00. The highest BCUT2D eigenvalue weighted by Crippen LogP contribution is 2.27. The van der Waals surface area contributed by atoms with E-state index in [9.17, 15) is 4.79 Å². The van der Waals surface area contributed by atoms with Gasteiger partial charge in [-0.1, -0.05) is 48.3 Å². The second-order valence-corrected chi connectivity index (χ2v) is 8.58. The highest BCUT2D eigenvalue weighted by atomic mass is 32.2. The Labute approximate surface area is 182 Å². The Hall–Kier alpha value is -2.28. The van der Waals surface area contributed by atoms with Gasteiger partial charge in [-0.15, -0.1) is 0 Å². The average Bonchev–Trinajstić information content (AvgIpc) is 2.79. The zero-order valence-electron chi connectivity index (χ0n) is 17.4. The highest BCUT2D eigenvalue weighted by molar-refractivity contribution is 7.96. The average molecular weight is 424 g/mol. The molecule has 0 radical (unpaired) electrons. The number of ether oxygens (including phenoxy) is 1. The number of fused-ring (bicyclic) bond motifs is 1. The summed E-state index contributed by atoms with van der Waals surface area (Å²) in [6, 6.07) is 18.3. The Morgan fingerprint density at radius 1 is 1.10 bits per heavy atom. The maximum atomic E-state index is 12.0. The van der Waals surface area contributed by atoms with Crippen LogP contribution in [-0.2, 0) is 13.0 Å². The van der Waals surface area contributed by atoms with Crippen LogP contribution in [0, 0.1) is 0 Å². The number of hydrogen-bond acceptors (Lipinski definition) is 5. The molecule has 30 heavy (non-hydrogen) atoms. The molecular formula is C24H29N3O2S. The highest BCUT2D eigenvalue weighted by Gasteiger charge is 2.18. The fourth-order valence-electron chi connectivity index (χ4n) is 4.01. The molecule has 0 aliphatic carbocycles. The molecule has 1 aliphatic rings. The minimum atomic E-state index is -0.108. The zero-order chi connectivity index (χ0) is 20.8. The van der Waals surface area contributed by atoms with Gasteiger partial charge in [-0.05, 0) is 55.3 Å². The summed E-state index contributed by atoms with van der Waals surface area (Å²) in [4.78, 5) is 14.9. The molecule has 0 amide bonds. The van der Waals surface area contributed by atoms with Crippen LogP contribution >= 0.6 is 11.9 Å². The number of rotatable bonds is 8. The molecule has 0 unspecified atom stereocenters. The quantitative estimate of drug-likeness (QED) is 0.537. The van der Waals surface area contributed by atoms with Gasteiger partial charge < -0.3 is 15.0 Å². The molecule has 2 aromatic carbocycles. The molecule has 5 nitrogen and oxygen atoms in total. The SMILES string of the molecule is CSN1CCC(NCCc2ccc(OCc3ccccc3)c3[nH]c(=O)ccc23)CC1. The Kier molecular flexibility index (Phi) is 7.10. The van der Waals surface area contributed by atoms with Crippen LogP contribution in [0.3, 0.4) is 0 Å². The molecule has 0 saturated carbocycles. The molecule has 1 fully saturated rings. The molecule has 0 spiro atoms. The van der Waals surface area contributed by atoms with Crippen LogP contribution in [0.1, 0.15) is 24.0 Å². The van der Waals surface area contributed by atoms with Gasteiger partial charge in [-0.25, -0.2) is 0 Å². The predicted molar refractivity (Wildman–Crippen MR) is 125 cm³/mol. The minimum Gasteiger partial charge on any atom is -0.487 e. The van der Waals surface area contributed by atoms with Gasteiger partial charge in [-0.2, -0.15) is 0 Å². The van der Waals surface area contributed by atoms with E-state index < -0.39 is 0 Å². The standard InChI is InChI=1S/C24H29N3O2S/c1-30-27-15-12-20(13-16-27)25-14-11-19-7-9-22(24-21(19)8-10-23(28)26-24)29-17-18-5-3-2-4-6-18/h2-10,20,25H,11-17H2,1H3,(H,26,28). The molecule has 3 aromatic rings. The van der Waals surface area contributed by atoms with Crippen LogP contribution < -0.4 is 15.6 Å². The summed E-state index contributed by atoms with van der Waals surface area (Å²) in [5, 5.41) is 4.77. The summed E-state index contributed by atoms with van der Waals surface area (Å²) in [5.74, 6) is 0.715.